The monoisotopic (exact) mass is 506 g/mol. The molecule has 1 aromatic heterocycles. The van der Waals surface area contributed by atoms with Crippen LogP contribution in [0.25, 0.3) is 5.70 Å². The normalized spacial score (nSPS) is 14.8. The highest BCUT2D eigenvalue weighted by Crippen LogP contribution is 2.39. The fourth-order valence-electron chi connectivity index (χ4n) is 3.97. The lowest BCUT2D eigenvalue weighted by atomic mass is 9.93. The van der Waals surface area contributed by atoms with Gasteiger partial charge in [0.25, 0.3) is 0 Å². The lowest BCUT2D eigenvalue weighted by molar-refractivity contribution is -0.136. The first-order chi connectivity index (χ1) is 17.0. The van der Waals surface area contributed by atoms with Crippen LogP contribution in [0, 0.1) is 0 Å². The largest absolute Gasteiger partial charge is 0.489 e. The van der Waals surface area contributed by atoms with E-state index in [2.05, 4.69) is 15.4 Å². The number of carbonyl (C=O) groups excluding carboxylic acids is 1. The Bertz CT molecular complexity index is 1400. The van der Waals surface area contributed by atoms with Gasteiger partial charge in [-0.3, -0.25) is 0 Å². The highest BCUT2D eigenvalue weighted by Gasteiger charge is 2.36. The van der Waals surface area contributed by atoms with Crippen molar-refractivity contribution in [2.75, 3.05) is 12.4 Å². The van der Waals surface area contributed by atoms with Gasteiger partial charge in [0.05, 0.1) is 18.4 Å². The third-order valence-electron chi connectivity index (χ3n) is 5.68. The van der Waals surface area contributed by atoms with Crippen molar-refractivity contribution in [1.82, 2.24) is 14.8 Å². The van der Waals surface area contributed by atoms with Crippen molar-refractivity contribution in [2.24, 2.45) is 0 Å². The highest BCUT2D eigenvalue weighted by atomic mass is 35.5. The van der Waals surface area contributed by atoms with E-state index in [4.69, 9.17) is 32.7 Å². The van der Waals surface area contributed by atoms with Gasteiger partial charge in [-0.25, -0.2) is 9.48 Å². The van der Waals surface area contributed by atoms with Crippen LogP contribution in [0.1, 0.15) is 22.7 Å². The number of anilines is 1. The van der Waals surface area contributed by atoms with Crippen LogP contribution < -0.4 is 10.1 Å². The molecule has 0 saturated heterocycles. The molecule has 0 amide bonds. The lowest BCUT2D eigenvalue weighted by Crippen LogP contribution is -2.29. The van der Waals surface area contributed by atoms with Gasteiger partial charge in [-0.2, -0.15) is 10.1 Å². The SMILES string of the molecule is COC(=O)C1=C(c2ccc(Cl)cc2)Nc2ncnn2[C@H]1c1ccc(OCc2ccccc2Cl)cc1. The number of hydrogen-bond acceptors (Lipinski definition) is 6. The molecule has 2 heterocycles. The number of halogens is 2. The Kier molecular flexibility index (Phi) is 6.44. The number of benzene rings is 3. The molecule has 5 rings (SSSR count). The van der Waals surface area contributed by atoms with Crippen molar-refractivity contribution in [2.45, 2.75) is 12.6 Å². The number of nitrogens with one attached hydrogen (secondary N) is 1. The first-order valence-electron chi connectivity index (χ1n) is 10.8. The summed E-state index contributed by atoms with van der Waals surface area (Å²) in [4.78, 5) is 17.4. The van der Waals surface area contributed by atoms with E-state index in [1.54, 1.807) is 16.8 Å². The predicted octanol–water partition coefficient (Wildman–Crippen LogP) is 5.76. The minimum atomic E-state index is -0.565. The van der Waals surface area contributed by atoms with Crippen molar-refractivity contribution < 1.29 is 14.3 Å². The van der Waals surface area contributed by atoms with Gasteiger partial charge < -0.3 is 14.8 Å². The summed E-state index contributed by atoms with van der Waals surface area (Å²) >= 11 is 12.3. The van der Waals surface area contributed by atoms with Crippen LogP contribution in [-0.2, 0) is 16.1 Å². The Hall–Kier alpha value is -3.81. The maximum Gasteiger partial charge on any atom is 0.338 e. The smallest absolute Gasteiger partial charge is 0.338 e. The molecule has 0 unspecified atom stereocenters. The van der Waals surface area contributed by atoms with Gasteiger partial charge in [0.2, 0.25) is 5.95 Å². The second kappa shape index (κ2) is 9.82. The van der Waals surface area contributed by atoms with Crippen LogP contribution in [-0.4, -0.2) is 27.8 Å². The van der Waals surface area contributed by atoms with Crippen molar-refractivity contribution in [3.63, 3.8) is 0 Å². The number of rotatable bonds is 6. The number of nitrogens with zero attached hydrogens (tertiary/aromatic N) is 3. The molecule has 0 saturated carbocycles. The Morgan fingerprint density at radius 1 is 1.03 bits per heavy atom. The molecule has 3 aromatic carbocycles. The van der Waals surface area contributed by atoms with Crippen molar-refractivity contribution >= 4 is 40.8 Å². The van der Waals surface area contributed by atoms with Crippen LogP contribution in [0.3, 0.4) is 0 Å². The topological polar surface area (TPSA) is 78.3 Å². The van der Waals surface area contributed by atoms with Crippen LogP contribution >= 0.6 is 23.2 Å². The van der Waals surface area contributed by atoms with E-state index in [-0.39, 0.29) is 0 Å². The van der Waals surface area contributed by atoms with E-state index >= 15 is 0 Å². The van der Waals surface area contributed by atoms with E-state index in [9.17, 15) is 4.79 Å². The number of carbonyl (C=O) groups is 1. The van der Waals surface area contributed by atoms with Gasteiger partial charge in [-0.05, 0) is 41.5 Å². The zero-order valence-electron chi connectivity index (χ0n) is 18.6. The first-order valence-corrected chi connectivity index (χ1v) is 11.5. The molecule has 0 aliphatic carbocycles. The summed E-state index contributed by atoms with van der Waals surface area (Å²) in [5.41, 5.74) is 3.46. The number of methoxy groups -OCH3 is 1. The third kappa shape index (κ3) is 4.60. The van der Waals surface area contributed by atoms with Crippen molar-refractivity contribution in [1.29, 1.82) is 0 Å². The molecule has 0 spiro atoms. The molecule has 1 atom stereocenters. The fraction of sp³-hybridized carbons (Fsp3) is 0.115. The van der Waals surface area contributed by atoms with Crippen LogP contribution in [0.5, 0.6) is 5.75 Å². The summed E-state index contributed by atoms with van der Waals surface area (Å²) in [7, 11) is 1.36. The van der Waals surface area contributed by atoms with E-state index in [0.717, 1.165) is 16.7 Å². The summed E-state index contributed by atoms with van der Waals surface area (Å²) in [6.45, 7) is 0.341. The van der Waals surface area contributed by atoms with E-state index in [1.165, 1.54) is 13.4 Å². The summed E-state index contributed by atoms with van der Waals surface area (Å²) in [5.74, 6) is 0.697. The van der Waals surface area contributed by atoms with E-state index in [0.29, 0.717) is 39.6 Å². The second-order valence-electron chi connectivity index (χ2n) is 7.79. The van der Waals surface area contributed by atoms with Gasteiger partial charge in [0.15, 0.2) is 0 Å². The fourth-order valence-corrected chi connectivity index (χ4v) is 4.28. The molecular weight excluding hydrogens is 487 g/mol. The third-order valence-corrected chi connectivity index (χ3v) is 6.30. The Labute approximate surface area is 211 Å². The molecule has 0 fully saturated rings. The Balaban J connectivity index is 1.52. The number of hydrogen-bond donors (Lipinski definition) is 1. The molecule has 1 N–H and O–H groups in total. The van der Waals surface area contributed by atoms with Gasteiger partial charge in [0, 0.05) is 15.6 Å². The molecule has 9 heteroatoms. The van der Waals surface area contributed by atoms with Gasteiger partial charge in [0.1, 0.15) is 24.7 Å². The summed E-state index contributed by atoms with van der Waals surface area (Å²) in [5, 5.41) is 8.83. The van der Waals surface area contributed by atoms with Crippen LogP contribution in [0.15, 0.2) is 84.7 Å². The van der Waals surface area contributed by atoms with E-state index < -0.39 is 12.0 Å². The van der Waals surface area contributed by atoms with Crippen molar-refractivity contribution in [3.05, 3.63) is 111 Å². The second-order valence-corrected chi connectivity index (χ2v) is 8.64. The van der Waals surface area contributed by atoms with Gasteiger partial charge in [-0.1, -0.05) is 65.7 Å². The van der Waals surface area contributed by atoms with Crippen molar-refractivity contribution in [3.8, 4) is 5.75 Å². The Morgan fingerprint density at radius 2 is 1.77 bits per heavy atom. The molecule has 0 radical (unpaired) electrons. The number of aromatic nitrogens is 3. The minimum Gasteiger partial charge on any atom is -0.489 e. The first kappa shape index (κ1) is 23.0. The maximum absolute atomic E-state index is 13.0. The van der Waals surface area contributed by atoms with Gasteiger partial charge in [-0.15, -0.1) is 0 Å². The molecule has 1 aliphatic heterocycles. The quantitative estimate of drug-likeness (QED) is 0.334. The predicted molar refractivity (Wildman–Crippen MR) is 134 cm³/mol. The minimum absolute atomic E-state index is 0.341. The lowest BCUT2D eigenvalue weighted by Gasteiger charge is -2.29. The average Bonchev–Trinajstić information content (AvgIpc) is 3.36. The molecule has 0 bridgehead atoms. The molecular formula is C26H20Cl2N4O3. The zero-order chi connectivity index (χ0) is 24.4. The number of fused-ring (bicyclic) bond motifs is 1. The number of ether oxygens (including phenoxy) is 2. The van der Waals surface area contributed by atoms with Gasteiger partial charge >= 0.3 is 5.97 Å². The molecule has 7 nitrogen and oxygen atoms in total. The highest BCUT2D eigenvalue weighted by molar-refractivity contribution is 6.31. The average molecular weight is 507 g/mol. The zero-order valence-corrected chi connectivity index (χ0v) is 20.1. The summed E-state index contributed by atoms with van der Waals surface area (Å²) < 4.78 is 12.7. The summed E-state index contributed by atoms with van der Waals surface area (Å²) in [6, 6.07) is 21.7. The Morgan fingerprint density at radius 3 is 2.49 bits per heavy atom. The van der Waals surface area contributed by atoms with E-state index in [1.807, 2.05) is 60.7 Å². The molecule has 1 aliphatic rings. The molecule has 35 heavy (non-hydrogen) atoms. The molecule has 4 aromatic rings. The maximum atomic E-state index is 13.0. The standard InChI is InChI=1S/C26H20Cl2N4O3/c1-34-25(33)22-23(16-6-10-19(27)11-7-16)31-26-29-15-30-32(26)24(22)17-8-12-20(13-9-17)35-14-18-4-2-3-5-21(18)28/h2-13,15,24H,14H2,1H3,(H,29,30,31)/t24-/m0/s1. The number of esters is 1. The van der Waals surface area contributed by atoms with Crippen LogP contribution in [0.2, 0.25) is 10.0 Å². The van der Waals surface area contributed by atoms with Crippen LogP contribution in [0.4, 0.5) is 5.95 Å². The molecule has 176 valence electrons. The summed E-state index contributed by atoms with van der Waals surface area (Å²) in [6.07, 6.45) is 1.44.